The number of carbonyl (C=O) groups is 1. The van der Waals surface area contributed by atoms with Crippen LogP contribution in [0.5, 0.6) is 0 Å². The Kier molecular flexibility index (Phi) is 6.17. The Labute approximate surface area is 147 Å². The van der Waals surface area contributed by atoms with Crippen molar-refractivity contribution in [2.75, 3.05) is 24.7 Å². The zero-order chi connectivity index (χ0) is 16.6. The lowest BCUT2D eigenvalue weighted by Crippen LogP contribution is -2.55. The van der Waals surface area contributed by atoms with E-state index in [4.69, 9.17) is 0 Å². The molecule has 0 unspecified atom stereocenters. The number of hydrogen-bond acceptors (Lipinski definition) is 7. The van der Waals surface area contributed by atoms with E-state index in [1.807, 2.05) is 20.8 Å². The van der Waals surface area contributed by atoms with Crippen molar-refractivity contribution in [1.29, 1.82) is 0 Å². The maximum atomic E-state index is 12.6. The number of amides is 1. The molecule has 0 saturated carbocycles. The number of nitrogens with one attached hydrogen (secondary N) is 2. The monoisotopic (exact) mass is 382 g/mol. The maximum absolute atomic E-state index is 12.6. The zero-order valence-corrected chi connectivity index (χ0v) is 16.1. The molecule has 0 atom stereocenters. The van der Waals surface area contributed by atoms with Crippen molar-refractivity contribution >= 4 is 44.6 Å². The van der Waals surface area contributed by atoms with E-state index in [1.165, 1.54) is 11.3 Å². The number of halogens is 1. The molecule has 132 valence electrons. The number of hydrogen-bond donors (Lipinski definition) is 2. The van der Waals surface area contributed by atoms with Gasteiger partial charge < -0.3 is 5.32 Å². The van der Waals surface area contributed by atoms with Crippen LogP contribution in [0, 0.1) is 0 Å². The summed E-state index contributed by atoms with van der Waals surface area (Å²) in [6, 6.07) is 0. The molecular weight excluding hydrogens is 360 g/mol. The third kappa shape index (κ3) is 4.20. The first-order valence-electron chi connectivity index (χ1n) is 7.12. The summed E-state index contributed by atoms with van der Waals surface area (Å²) in [7, 11) is -3.52. The van der Waals surface area contributed by atoms with Gasteiger partial charge in [-0.25, -0.2) is 8.42 Å². The molecule has 1 aliphatic heterocycles. The van der Waals surface area contributed by atoms with Crippen molar-refractivity contribution in [2.24, 2.45) is 0 Å². The fourth-order valence-corrected chi connectivity index (χ4v) is 4.51. The van der Waals surface area contributed by atoms with Crippen LogP contribution in [-0.4, -0.2) is 48.6 Å². The zero-order valence-electron chi connectivity index (χ0n) is 13.7. The fraction of sp³-hybridized carbons (Fsp3) is 0.769. The van der Waals surface area contributed by atoms with E-state index in [-0.39, 0.29) is 30.7 Å². The number of piperidine rings is 1. The molecule has 0 radical (unpaired) electrons. The number of anilines is 1. The van der Waals surface area contributed by atoms with E-state index in [2.05, 4.69) is 20.8 Å². The Balaban J connectivity index is 0.00000264. The van der Waals surface area contributed by atoms with E-state index in [1.54, 1.807) is 0 Å². The van der Waals surface area contributed by atoms with Gasteiger partial charge in [0.25, 0.3) is 0 Å². The lowest BCUT2D eigenvalue weighted by molar-refractivity contribution is -0.119. The predicted molar refractivity (Wildman–Crippen MR) is 94.2 cm³/mol. The van der Waals surface area contributed by atoms with Crippen molar-refractivity contribution < 1.29 is 13.2 Å². The van der Waals surface area contributed by atoms with Gasteiger partial charge in [0.2, 0.25) is 11.0 Å². The molecule has 1 aliphatic rings. The van der Waals surface area contributed by atoms with Gasteiger partial charge in [-0.1, -0.05) is 32.1 Å². The van der Waals surface area contributed by atoms with Crippen LogP contribution in [0.2, 0.25) is 0 Å². The molecule has 7 nitrogen and oxygen atoms in total. The number of carbonyl (C=O) groups excluding carboxylic acids is 1. The highest BCUT2D eigenvalue weighted by atomic mass is 35.5. The summed E-state index contributed by atoms with van der Waals surface area (Å²) in [6.45, 7) is 7.02. The lowest BCUT2D eigenvalue weighted by atomic mass is 9.96. The van der Waals surface area contributed by atoms with Crippen LogP contribution in [0.25, 0.3) is 0 Å². The van der Waals surface area contributed by atoms with Crippen molar-refractivity contribution in [3.05, 3.63) is 5.01 Å². The second kappa shape index (κ2) is 7.00. The van der Waals surface area contributed by atoms with Gasteiger partial charge in [0.1, 0.15) is 5.01 Å². The van der Waals surface area contributed by atoms with Crippen molar-refractivity contribution in [3.63, 3.8) is 0 Å². The molecule has 1 fully saturated rings. The second-order valence-electron chi connectivity index (χ2n) is 6.63. The summed E-state index contributed by atoms with van der Waals surface area (Å²) in [5.74, 6) is -0.506. The van der Waals surface area contributed by atoms with Gasteiger partial charge in [0.05, 0.1) is 0 Å². The van der Waals surface area contributed by atoms with Gasteiger partial charge in [0, 0.05) is 11.7 Å². The van der Waals surface area contributed by atoms with Crippen LogP contribution >= 0.6 is 23.7 Å². The molecule has 0 aliphatic carbocycles. The Morgan fingerprint density at radius 2 is 1.83 bits per heavy atom. The molecule has 2 heterocycles. The van der Waals surface area contributed by atoms with Crippen LogP contribution < -0.4 is 10.6 Å². The van der Waals surface area contributed by atoms with E-state index < -0.39 is 20.5 Å². The first-order chi connectivity index (χ1) is 10.1. The summed E-state index contributed by atoms with van der Waals surface area (Å²) >= 11 is 1.28. The molecular formula is C13H23ClN4O3S2. The van der Waals surface area contributed by atoms with E-state index in [0.29, 0.717) is 18.2 Å². The number of aromatic nitrogens is 2. The predicted octanol–water partition coefficient (Wildman–Crippen LogP) is 1.36. The van der Waals surface area contributed by atoms with Crippen molar-refractivity contribution in [3.8, 4) is 0 Å². The molecule has 0 spiro atoms. The molecule has 2 N–H and O–H groups in total. The fourth-order valence-electron chi connectivity index (χ4n) is 2.38. The average molecular weight is 383 g/mol. The first-order valence-corrected chi connectivity index (χ1v) is 9.83. The van der Waals surface area contributed by atoms with Crippen LogP contribution in [0.3, 0.4) is 0 Å². The highest BCUT2D eigenvalue weighted by Crippen LogP contribution is 2.32. The Morgan fingerprint density at radius 3 is 2.26 bits per heavy atom. The van der Waals surface area contributed by atoms with Gasteiger partial charge in [-0.3, -0.25) is 10.1 Å². The molecule has 23 heavy (non-hydrogen) atoms. The van der Waals surface area contributed by atoms with Crippen LogP contribution in [-0.2, 0) is 20.0 Å². The molecule has 0 bridgehead atoms. The third-order valence-corrected chi connectivity index (χ3v) is 7.10. The van der Waals surface area contributed by atoms with Crippen LogP contribution in [0.4, 0.5) is 5.13 Å². The summed E-state index contributed by atoms with van der Waals surface area (Å²) in [5.41, 5.74) is -0.163. The quantitative estimate of drug-likeness (QED) is 0.818. The van der Waals surface area contributed by atoms with Crippen LogP contribution in [0.15, 0.2) is 0 Å². The maximum Gasteiger partial charge on any atom is 0.247 e. The van der Waals surface area contributed by atoms with Crippen molar-refractivity contribution in [1.82, 2.24) is 15.5 Å². The summed E-state index contributed by atoms with van der Waals surface area (Å²) in [5, 5.41) is 14.9. The first kappa shape index (κ1) is 20.3. The number of rotatable bonds is 3. The topological polar surface area (TPSA) is 101 Å². The Morgan fingerprint density at radius 1 is 1.26 bits per heavy atom. The van der Waals surface area contributed by atoms with Gasteiger partial charge in [-0.15, -0.1) is 22.6 Å². The van der Waals surface area contributed by atoms with E-state index in [0.717, 1.165) is 11.3 Å². The standard InChI is InChI=1S/C13H22N4O3S2.ClH/c1-12(2,3)10-16-17-11(21-10)15-9(18)13(22(4,19)20)5-7-14-8-6-13;/h14H,5-8H2,1-4H3,(H,15,17,18);1H. The summed E-state index contributed by atoms with van der Waals surface area (Å²) < 4.78 is 23.0. The molecule has 1 amide bonds. The summed E-state index contributed by atoms with van der Waals surface area (Å²) in [6.07, 6.45) is 1.66. The third-order valence-electron chi connectivity index (χ3n) is 3.82. The number of nitrogens with zero attached hydrogens (tertiary/aromatic N) is 2. The largest absolute Gasteiger partial charge is 0.317 e. The van der Waals surface area contributed by atoms with Gasteiger partial charge in [-0.2, -0.15) is 0 Å². The minimum atomic E-state index is -3.52. The minimum Gasteiger partial charge on any atom is -0.317 e. The molecule has 0 aromatic carbocycles. The minimum absolute atomic E-state index is 0. The SMILES string of the molecule is CC(C)(C)c1nnc(NC(=O)C2(S(C)(=O)=O)CCNCC2)s1.Cl. The molecule has 1 saturated heterocycles. The second-order valence-corrected chi connectivity index (χ2v) is 9.94. The smallest absolute Gasteiger partial charge is 0.247 e. The highest BCUT2D eigenvalue weighted by molar-refractivity contribution is 7.92. The van der Waals surface area contributed by atoms with Gasteiger partial charge in [-0.05, 0) is 25.9 Å². The molecule has 2 rings (SSSR count). The number of sulfone groups is 1. The van der Waals surface area contributed by atoms with Gasteiger partial charge in [0.15, 0.2) is 14.6 Å². The van der Waals surface area contributed by atoms with E-state index in [9.17, 15) is 13.2 Å². The normalized spacial score (nSPS) is 18.1. The molecule has 1 aromatic rings. The Bertz CT molecular complexity index is 661. The molecule has 1 aromatic heterocycles. The Hall–Kier alpha value is -0.770. The van der Waals surface area contributed by atoms with Crippen LogP contribution in [0.1, 0.15) is 38.6 Å². The van der Waals surface area contributed by atoms with Crippen molar-refractivity contribution in [2.45, 2.75) is 43.8 Å². The summed E-state index contributed by atoms with van der Waals surface area (Å²) in [4.78, 5) is 12.6. The van der Waals surface area contributed by atoms with Gasteiger partial charge >= 0.3 is 0 Å². The van der Waals surface area contributed by atoms with E-state index >= 15 is 0 Å². The average Bonchev–Trinajstić information content (AvgIpc) is 2.86. The lowest BCUT2D eigenvalue weighted by Gasteiger charge is -2.33. The molecule has 10 heteroatoms. The highest BCUT2D eigenvalue weighted by Gasteiger charge is 2.49.